The molecule has 6 heteroatoms. The Kier molecular flexibility index (Phi) is 5.40. The second-order valence-electron chi connectivity index (χ2n) is 5.13. The van der Waals surface area contributed by atoms with Crippen LogP contribution in [0, 0.1) is 0 Å². The van der Waals surface area contributed by atoms with E-state index in [-0.39, 0.29) is 0 Å². The molecule has 0 radical (unpaired) electrons. The fourth-order valence-corrected chi connectivity index (χ4v) is 3.16. The molecule has 3 rings (SSSR count). The number of hydrazone groups is 1. The Balaban J connectivity index is 1.93. The number of ether oxygens (including phenoxy) is 2. The SMILES string of the molecule is CCOC(=O)C1=NN(c2ccccc2)/C(=C/c2ccc(OC)cc2)S1. The van der Waals surface area contributed by atoms with Gasteiger partial charge in [-0.1, -0.05) is 30.3 Å². The highest BCUT2D eigenvalue weighted by Gasteiger charge is 2.28. The van der Waals surface area contributed by atoms with Gasteiger partial charge in [0, 0.05) is 0 Å². The van der Waals surface area contributed by atoms with Crippen molar-refractivity contribution in [3.05, 3.63) is 65.2 Å². The second kappa shape index (κ2) is 7.90. The average molecular weight is 354 g/mol. The molecule has 1 aliphatic heterocycles. The van der Waals surface area contributed by atoms with Crippen LogP contribution >= 0.6 is 11.8 Å². The number of carbonyl (C=O) groups excluding carboxylic acids is 1. The maximum Gasteiger partial charge on any atom is 0.365 e. The molecule has 0 amide bonds. The lowest BCUT2D eigenvalue weighted by molar-refractivity contribution is -0.134. The summed E-state index contributed by atoms with van der Waals surface area (Å²) < 4.78 is 10.3. The summed E-state index contributed by atoms with van der Waals surface area (Å²) in [5.41, 5.74) is 1.87. The molecule has 0 aromatic heterocycles. The van der Waals surface area contributed by atoms with E-state index in [1.807, 2.05) is 60.7 Å². The van der Waals surface area contributed by atoms with Crippen molar-refractivity contribution in [3.63, 3.8) is 0 Å². The maximum absolute atomic E-state index is 12.1. The Morgan fingerprint density at radius 2 is 1.88 bits per heavy atom. The molecule has 0 aliphatic carbocycles. The smallest absolute Gasteiger partial charge is 0.365 e. The molecule has 0 saturated heterocycles. The molecule has 0 bridgehead atoms. The molecule has 128 valence electrons. The molecule has 1 heterocycles. The van der Waals surface area contributed by atoms with Gasteiger partial charge in [0.2, 0.25) is 5.04 Å². The van der Waals surface area contributed by atoms with E-state index in [0.717, 1.165) is 22.0 Å². The average Bonchev–Trinajstić information content (AvgIpc) is 3.07. The molecule has 0 N–H and O–H groups in total. The molecule has 0 unspecified atom stereocenters. The number of hydrogen-bond donors (Lipinski definition) is 0. The van der Waals surface area contributed by atoms with Crippen LogP contribution in [0.25, 0.3) is 6.08 Å². The van der Waals surface area contributed by atoms with Gasteiger partial charge in [0.05, 0.1) is 19.4 Å². The molecule has 2 aromatic rings. The van der Waals surface area contributed by atoms with Gasteiger partial charge in [-0.3, -0.25) is 0 Å². The van der Waals surface area contributed by atoms with Crippen molar-refractivity contribution in [2.75, 3.05) is 18.7 Å². The van der Waals surface area contributed by atoms with Gasteiger partial charge in [-0.05, 0) is 54.6 Å². The van der Waals surface area contributed by atoms with E-state index in [0.29, 0.717) is 11.7 Å². The molecule has 0 spiro atoms. The Morgan fingerprint density at radius 1 is 1.16 bits per heavy atom. The van der Waals surface area contributed by atoms with Crippen LogP contribution in [0.1, 0.15) is 12.5 Å². The summed E-state index contributed by atoms with van der Waals surface area (Å²) in [7, 11) is 1.64. The normalized spacial score (nSPS) is 15.2. The van der Waals surface area contributed by atoms with Crippen molar-refractivity contribution in [1.29, 1.82) is 0 Å². The highest BCUT2D eigenvalue weighted by molar-refractivity contribution is 8.19. The molecule has 25 heavy (non-hydrogen) atoms. The number of carbonyl (C=O) groups is 1. The standard InChI is InChI=1S/C19H18N2O3S/c1-3-24-19(22)18-20-21(15-7-5-4-6-8-15)17(25-18)13-14-9-11-16(23-2)12-10-14/h4-13H,3H2,1-2H3/b17-13-. The van der Waals surface area contributed by atoms with Gasteiger partial charge in [0.15, 0.2) is 0 Å². The number of methoxy groups -OCH3 is 1. The van der Waals surface area contributed by atoms with E-state index in [1.165, 1.54) is 11.8 Å². The highest BCUT2D eigenvalue weighted by atomic mass is 32.2. The zero-order valence-electron chi connectivity index (χ0n) is 14.0. The highest BCUT2D eigenvalue weighted by Crippen LogP contribution is 2.36. The van der Waals surface area contributed by atoms with Crippen LogP contribution in [0.4, 0.5) is 5.69 Å². The number of rotatable bonds is 5. The number of benzene rings is 2. The first kappa shape index (κ1) is 17.1. The van der Waals surface area contributed by atoms with Crippen LogP contribution in [-0.4, -0.2) is 24.7 Å². The van der Waals surface area contributed by atoms with Gasteiger partial charge >= 0.3 is 5.97 Å². The summed E-state index contributed by atoms with van der Waals surface area (Å²) in [6.07, 6.45) is 1.98. The quantitative estimate of drug-likeness (QED) is 0.756. The summed E-state index contributed by atoms with van der Waals surface area (Å²) in [5.74, 6) is 0.385. The molecular formula is C19H18N2O3S. The largest absolute Gasteiger partial charge is 0.497 e. The Hall–Kier alpha value is -2.73. The third-order valence-electron chi connectivity index (χ3n) is 3.46. The first-order chi connectivity index (χ1) is 12.2. The van der Waals surface area contributed by atoms with Crippen LogP contribution in [0.3, 0.4) is 0 Å². The third-order valence-corrected chi connectivity index (χ3v) is 4.40. The van der Waals surface area contributed by atoms with Gasteiger partial charge in [-0.25, -0.2) is 9.80 Å². The monoisotopic (exact) mass is 354 g/mol. The fraction of sp³-hybridized carbons (Fsp3) is 0.158. The van der Waals surface area contributed by atoms with Crippen molar-refractivity contribution in [2.24, 2.45) is 5.10 Å². The van der Waals surface area contributed by atoms with E-state index < -0.39 is 5.97 Å². The zero-order chi connectivity index (χ0) is 17.6. The van der Waals surface area contributed by atoms with E-state index in [4.69, 9.17) is 9.47 Å². The van der Waals surface area contributed by atoms with Crippen LogP contribution in [-0.2, 0) is 9.53 Å². The number of hydrogen-bond acceptors (Lipinski definition) is 6. The van der Waals surface area contributed by atoms with Gasteiger partial charge in [-0.15, -0.1) is 0 Å². The van der Waals surface area contributed by atoms with Gasteiger partial charge in [0.1, 0.15) is 10.8 Å². The van der Waals surface area contributed by atoms with E-state index >= 15 is 0 Å². The zero-order valence-corrected chi connectivity index (χ0v) is 14.8. The first-order valence-electron chi connectivity index (χ1n) is 7.85. The predicted octanol–water partition coefficient (Wildman–Crippen LogP) is 4.12. The summed E-state index contributed by atoms with van der Waals surface area (Å²) in [4.78, 5) is 12.1. The second-order valence-corrected chi connectivity index (χ2v) is 6.14. The van der Waals surface area contributed by atoms with Gasteiger partial charge in [-0.2, -0.15) is 5.10 Å². The molecule has 0 fully saturated rings. The lowest BCUT2D eigenvalue weighted by Crippen LogP contribution is -2.13. The van der Waals surface area contributed by atoms with Gasteiger partial charge in [0.25, 0.3) is 0 Å². The van der Waals surface area contributed by atoms with Crippen LogP contribution in [0.2, 0.25) is 0 Å². The lowest BCUT2D eigenvalue weighted by atomic mass is 10.2. The Morgan fingerprint density at radius 3 is 2.52 bits per heavy atom. The van der Waals surface area contributed by atoms with Crippen molar-refractivity contribution in [1.82, 2.24) is 0 Å². The van der Waals surface area contributed by atoms with Gasteiger partial charge < -0.3 is 9.47 Å². The lowest BCUT2D eigenvalue weighted by Gasteiger charge is -2.15. The van der Waals surface area contributed by atoms with Crippen molar-refractivity contribution in [3.8, 4) is 5.75 Å². The Labute approximate surface area is 150 Å². The molecule has 2 aromatic carbocycles. The van der Waals surface area contributed by atoms with E-state index in [9.17, 15) is 4.79 Å². The summed E-state index contributed by atoms with van der Waals surface area (Å²) in [6, 6.07) is 17.4. The minimum atomic E-state index is -0.411. The van der Waals surface area contributed by atoms with Crippen molar-refractivity contribution < 1.29 is 14.3 Å². The first-order valence-corrected chi connectivity index (χ1v) is 8.67. The minimum Gasteiger partial charge on any atom is -0.497 e. The number of nitrogens with zero attached hydrogens (tertiary/aromatic N) is 2. The van der Waals surface area contributed by atoms with Crippen molar-refractivity contribution >= 4 is 34.5 Å². The summed E-state index contributed by atoms with van der Waals surface area (Å²) >= 11 is 1.30. The van der Waals surface area contributed by atoms with E-state index in [2.05, 4.69) is 5.10 Å². The van der Waals surface area contributed by atoms with E-state index in [1.54, 1.807) is 19.0 Å². The fourth-order valence-electron chi connectivity index (χ4n) is 2.27. The van der Waals surface area contributed by atoms with Crippen molar-refractivity contribution in [2.45, 2.75) is 6.92 Å². The number of anilines is 1. The molecule has 0 saturated carbocycles. The van der Waals surface area contributed by atoms with Crippen LogP contribution in [0.5, 0.6) is 5.75 Å². The maximum atomic E-state index is 12.1. The minimum absolute atomic E-state index is 0.321. The molecule has 1 aliphatic rings. The predicted molar refractivity (Wildman–Crippen MR) is 102 cm³/mol. The topological polar surface area (TPSA) is 51.1 Å². The summed E-state index contributed by atoms with van der Waals surface area (Å²) in [6.45, 7) is 2.10. The number of para-hydroxylation sites is 1. The third kappa shape index (κ3) is 4.03. The number of thioether (sulfide) groups is 1. The molecular weight excluding hydrogens is 336 g/mol. The summed E-state index contributed by atoms with van der Waals surface area (Å²) in [5, 5.41) is 7.34. The molecule has 0 atom stereocenters. The molecule has 5 nitrogen and oxygen atoms in total. The Bertz CT molecular complexity index is 801. The number of esters is 1. The van der Waals surface area contributed by atoms with Crippen LogP contribution in [0.15, 0.2) is 64.7 Å². The van der Waals surface area contributed by atoms with Crippen LogP contribution < -0.4 is 9.75 Å².